The number of rotatable bonds is 3. The Bertz CT molecular complexity index is 901. The van der Waals surface area contributed by atoms with Crippen LogP contribution in [0.5, 0.6) is 0 Å². The molecule has 8 nitrogen and oxygen atoms in total. The fraction of sp³-hybridized carbons (Fsp3) is 0.375. The van der Waals surface area contributed by atoms with Gasteiger partial charge in [-0.3, -0.25) is 4.79 Å². The number of nitrogens with zero attached hydrogens (tertiary/aromatic N) is 4. The molecule has 1 atom stereocenters. The lowest BCUT2D eigenvalue weighted by Gasteiger charge is -2.22. The number of aromatic nitrogens is 4. The van der Waals surface area contributed by atoms with Gasteiger partial charge in [0.2, 0.25) is 0 Å². The highest BCUT2D eigenvalue weighted by Crippen LogP contribution is 2.20. The number of tetrazole rings is 1. The minimum absolute atomic E-state index is 0.354. The van der Waals surface area contributed by atoms with Crippen LogP contribution in [0.15, 0.2) is 24.3 Å². The van der Waals surface area contributed by atoms with Crippen LogP contribution < -0.4 is 5.48 Å². The zero-order valence-electron chi connectivity index (χ0n) is 13.2. The van der Waals surface area contributed by atoms with Crippen molar-refractivity contribution in [1.82, 2.24) is 25.5 Å². The van der Waals surface area contributed by atoms with E-state index in [2.05, 4.69) is 21.0 Å². The minimum Gasteiger partial charge on any atom is -0.350 e. The molecular weight excluding hydrogens is 310 g/mol. The van der Waals surface area contributed by atoms with Crippen molar-refractivity contribution < 1.29 is 14.4 Å². The van der Waals surface area contributed by atoms with E-state index in [0.29, 0.717) is 17.8 Å². The van der Waals surface area contributed by atoms with Crippen molar-refractivity contribution in [3.05, 3.63) is 35.4 Å². The summed E-state index contributed by atoms with van der Waals surface area (Å²) in [5.41, 5.74) is 5.14. The van der Waals surface area contributed by atoms with Gasteiger partial charge in [0.15, 0.2) is 11.9 Å². The topological polar surface area (TPSA) is 90.6 Å². The van der Waals surface area contributed by atoms with Crippen molar-refractivity contribution in [3.63, 3.8) is 0 Å². The van der Waals surface area contributed by atoms with Crippen LogP contribution in [0.4, 0.5) is 0 Å². The van der Waals surface area contributed by atoms with Crippen LogP contribution in [-0.2, 0) is 9.57 Å². The number of fused-ring (bicyclic) bond motifs is 3. The maximum Gasteiger partial charge on any atom is 0.278 e. The Morgan fingerprint density at radius 1 is 1.38 bits per heavy atom. The molecule has 8 heteroatoms. The molecule has 1 aliphatic rings. The van der Waals surface area contributed by atoms with Gasteiger partial charge < -0.3 is 4.74 Å². The third-order valence-corrected chi connectivity index (χ3v) is 4.09. The molecule has 124 valence electrons. The zero-order valence-corrected chi connectivity index (χ0v) is 13.2. The van der Waals surface area contributed by atoms with Crippen LogP contribution in [-0.4, -0.2) is 38.8 Å². The molecule has 1 unspecified atom stereocenters. The number of aryl methyl sites for hydroxylation is 1. The summed E-state index contributed by atoms with van der Waals surface area (Å²) >= 11 is 0. The first kappa shape index (κ1) is 15.0. The average molecular weight is 327 g/mol. The third kappa shape index (κ3) is 2.70. The molecule has 1 aliphatic heterocycles. The number of carbonyl (C=O) groups is 1. The van der Waals surface area contributed by atoms with Gasteiger partial charge in [-0.25, -0.2) is 10.3 Å². The largest absolute Gasteiger partial charge is 0.350 e. The number of benzene rings is 1. The Morgan fingerprint density at radius 2 is 2.29 bits per heavy atom. The molecule has 0 aliphatic carbocycles. The summed E-state index contributed by atoms with van der Waals surface area (Å²) in [5.74, 6) is -0.397. The molecule has 1 amide bonds. The number of hydrogen-bond donors (Lipinski definition) is 1. The first-order chi connectivity index (χ1) is 11.7. The fourth-order valence-corrected chi connectivity index (χ4v) is 2.84. The van der Waals surface area contributed by atoms with E-state index in [1.165, 1.54) is 0 Å². The summed E-state index contributed by atoms with van der Waals surface area (Å²) in [6, 6.07) is 7.66. The summed E-state index contributed by atoms with van der Waals surface area (Å²) in [4.78, 5) is 17.9. The lowest BCUT2D eigenvalue weighted by molar-refractivity contribution is -0.186. The van der Waals surface area contributed by atoms with E-state index in [1.54, 1.807) is 10.6 Å². The predicted octanol–water partition coefficient (Wildman–Crippen LogP) is 1.77. The standard InChI is InChI=1S/C16H17N5O3/c1-10-5-6-11-9-12(15-17-19-20-21(15)13(11)8-10)16(22)18-24-14-4-2-3-7-23-14/h5-6,8-9,14H,2-4,7H2,1H3,(H,18,22). The Morgan fingerprint density at radius 3 is 3.12 bits per heavy atom. The molecule has 3 aromatic rings. The molecule has 3 heterocycles. The summed E-state index contributed by atoms with van der Waals surface area (Å²) < 4.78 is 7.00. The summed E-state index contributed by atoms with van der Waals surface area (Å²) in [6.45, 7) is 2.64. The van der Waals surface area contributed by atoms with Crippen LogP contribution in [0.2, 0.25) is 0 Å². The van der Waals surface area contributed by atoms with Gasteiger partial charge in [0, 0.05) is 18.4 Å². The molecule has 1 N–H and O–H groups in total. The van der Waals surface area contributed by atoms with Crippen molar-refractivity contribution in [2.24, 2.45) is 0 Å². The third-order valence-electron chi connectivity index (χ3n) is 4.09. The summed E-state index contributed by atoms with van der Waals surface area (Å²) in [6.07, 6.45) is 2.40. The Kier molecular flexibility index (Phi) is 3.83. The lowest BCUT2D eigenvalue weighted by Crippen LogP contribution is -2.33. The van der Waals surface area contributed by atoms with E-state index >= 15 is 0 Å². The molecule has 1 aromatic carbocycles. The van der Waals surface area contributed by atoms with E-state index in [4.69, 9.17) is 9.57 Å². The molecule has 0 bridgehead atoms. The number of pyridine rings is 1. The molecule has 0 radical (unpaired) electrons. The number of ether oxygens (including phenoxy) is 1. The number of carbonyl (C=O) groups excluding carboxylic acids is 1. The maximum absolute atomic E-state index is 12.5. The number of nitrogens with one attached hydrogen (secondary N) is 1. The van der Waals surface area contributed by atoms with Crippen molar-refractivity contribution in [2.75, 3.05) is 6.61 Å². The SMILES string of the molecule is Cc1ccc2cc(C(=O)NOC3CCCCO3)c3nnnn3c2c1. The van der Waals surface area contributed by atoms with Crippen LogP contribution in [0, 0.1) is 6.92 Å². The molecule has 0 spiro atoms. The highest BCUT2D eigenvalue weighted by Gasteiger charge is 2.19. The van der Waals surface area contributed by atoms with E-state index in [-0.39, 0.29) is 0 Å². The van der Waals surface area contributed by atoms with Crippen LogP contribution in [0.1, 0.15) is 35.2 Å². The monoisotopic (exact) mass is 327 g/mol. The Balaban J connectivity index is 1.65. The van der Waals surface area contributed by atoms with Gasteiger partial charge in [-0.1, -0.05) is 12.1 Å². The van der Waals surface area contributed by atoms with Gasteiger partial charge in [0.05, 0.1) is 11.1 Å². The van der Waals surface area contributed by atoms with Crippen LogP contribution >= 0.6 is 0 Å². The highest BCUT2D eigenvalue weighted by molar-refractivity contribution is 6.02. The second-order valence-electron chi connectivity index (χ2n) is 5.88. The molecule has 4 rings (SSSR count). The fourth-order valence-electron chi connectivity index (χ4n) is 2.84. The van der Waals surface area contributed by atoms with Crippen molar-refractivity contribution >= 4 is 22.5 Å². The second-order valence-corrected chi connectivity index (χ2v) is 5.88. The zero-order chi connectivity index (χ0) is 16.5. The number of hydroxylamine groups is 1. The first-order valence-corrected chi connectivity index (χ1v) is 7.91. The average Bonchev–Trinajstić information content (AvgIpc) is 3.10. The lowest BCUT2D eigenvalue weighted by atomic mass is 10.1. The van der Waals surface area contributed by atoms with Crippen molar-refractivity contribution in [3.8, 4) is 0 Å². The van der Waals surface area contributed by atoms with Crippen molar-refractivity contribution in [1.29, 1.82) is 0 Å². The molecular formula is C16H17N5O3. The normalized spacial score (nSPS) is 18.1. The summed E-state index contributed by atoms with van der Waals surface area (Å²) in [5, 5.41) is 12.5. The Hall–Kier alpha value is -2.58. The van der Waals surface area contributed by atoms with E-state index in [1.807, 2.05) is 25.1 Å². The predicted molar refractivity (Wildman–Crippen MR) is 85.2 cm³/mol. The van der Waals surface area contributed by atoms with E-state index in [9.17, 15) is 4.79 Å². The van der Waals surface area contributed by atoms with Gasteiger partial charge in [-0.15, -0.1) is 5.10 Å². The van der Waals surface area contributed by atoms with Crippen molar-refractivity contribution in [2.45, 2.75) is 32.5 Å². The molecule has 24 heavy (non-hydrogen) atoms. The number of hydrogen-bond acceptors (Lipinski definition) is 6. The number of amides is 1. The maximum atomic E-state index is 12.5. The summed E-state index contributed by atoms with van der Waals surface area (Å²) in [7, 11) is 0. The van der Waals surface area contributed by atoms with E-state index in [0.717, 1.165) is 35.7 Å². The highest BCUT2D eigenvalue weighted by atomic mass is 16.8. The molecule has 1 fully saturated rings. The van der Waals surface area contributed by atoms with E-state index < -0.39 is 12.2 Å². The second kappa shape index (κ2) is 6.14. The molecule has 0 saturated carbocycles. The molecule has 2 aromatic heterocycles. The first-order valence-electron chi connectivity index (χ1n) is 7.91. The van der Waals surface area contributed by atoms with Gasteiger partial charge >= 0.3 is 0 Å². The Labute approximate surface area is 137 Å². The smallest absolute Gasteiger partial charge is 0.278 e. The van der Waals surface area contributed by atoms with Gasteiger partial charge in [0.25, 0.3) is 5.91 Å². The van der Waals surface area contributed by atoms with Gasteiger partial charge in [-0.2, -0.15) is 4.52 Å². The van der Waals surface area contributed by atoms with Gasteiger partial charge in [-0.05, 0) is 47.9 Å². The van der Waals surface area contributed by atoms with Crippen LogP contribution in [0.3, 0.4) is 0 Å². The van der Waals surface area contributed by atoms with Crippen LogP contribution in [0.25, 0.3) is 16.6 Å². The van der Waals surface area contributed by atoms with Gasteiger partial charge in [0.1, 0.15) is 0 Å². The quantitative estimate of drug-likeness (QED) is 0.737. The molecule has 1 saturated heterocycles. The minimum atomic E-state index is -0.405.